The second-order valence-corrected chi connectivity index (χ2v) is 6.51. The number of nitrogens with zero attached hydrogens (tertiary/aromatic N) is 1. The zero-order valence-corrected chi connectivity index (χ0v) is 14.8. The van der Waals surface area contributed by atoms with Crippen LogP contribution in [0.4, 0.5) is 5.69 Å². The van der Waals surface area contributed by atoms with Crippen LogP contribution in [0.1, 0.15) is 43.2 Å². The summed E-state index contributed by atoms with van der Waals surface area (Å²) >= 11 is 0. The van der Waals surface area contributed by atoms with Crippen LogP contribution in [-0.2, 0) is 9.53 Å². The smallest absolute Gasteiger partial charge is 0.375 e. The predicted molar refractivity (Wildman–Crippen MR) is 96.1 cm³/mol. The molecule has 27 heavy (non-hydrogen) atoms. The molecular weight excluding hydrogens is 352 g/mol. The summed E-state index contributed by atoms with van der Waals surface area (Å²) in [6.07, 6.45) is 3.16. The predicted octanol–water partition coefficient (Wildman–Crippen LogP) is 3.46. The number of ether oxygens (including phenoxy) is 1. The minimum Gasteiger partial charge on any atom is -0.449 e. The van der Waals surface area contributed by atoms with Crippen LogP contribution in [0.2, 0.25) is 0 Å². The van der Waals surface area contributed by atoms with E-state index in [2.05, 4.69) is 5.32 Å². The number of nitrogens with one attached hydrogen (secondary N) is 1. The van der Waals surface area contributed by atoms with E-state index in [4.69, 9.17) is 9.15 Å². The van der Waals surface area contributed by atoms with Crippen LogP contribution in [0.15, 0.2) is 40.8 Å². The molecule has 1 aromatic heterocycles. The summed E-state index contributed by atoms with van der Waals surface area (Å²) in [6.45, 7) is 1.52. The van der Waals surface area contributed by atoms with Gasteiger partial charge in [-0.15, -0.1) is 0 Å². The number of benzene rings is 1. The molecule has 1 atom stereocenters. The van der Waals surface area contributed by atoms with Crippen molar-refractivity contribution in [2.24, 2.45) is 0 Å². The Morgan fingerprint density at radius 3 is 2.48 bits per heavy atom. The average Bonchev–Trinajstić information content (AvgIpc) is 3.33. The molecule has 142 valence electrons. The summed E-state index contributed by atoms with van der Waals surface area (Å²) in [5, 5.41) is 13.6. The molecule has 8 nitrogen and oxygen atoms in total. The maximum absolute atomic E-state index is 12.2. The van der Waals surface area contributed by atoms with Gasteiger partial charge in [-0.05, 0) is 44.0 Å². The summed E-state index contributed by atoms with van der Waals surface area (Å²) in [7, 11) is 0. The number of amides is 1. The number of carbonyl (C=O) groups is 2. The van der Waals surface area contributed by atoms with Crippen molar-refractivity contribution in [1.82, 2.24) is 5.32 Å². The van der Waals surface area contributed by atoms with Crippen molar-refractivity contribution in [1.29, 1.82) is 0 Å². The Kier molecular flexibility index (Phi) is 5.54. The van der Waals surface area contributed by atoms with Crippen LogP contribution in [0, 0.1) is 10.1 Å². The number of non-ortho nitro benzene ring substituents is 1. The Labute approximate surface area is 155 Å². The first-order valence-corrected chi connectivity index (χ1v) is 8.80. The number of furan rings is 1. The van der Waals surface area contributed by atoms with Gasteiger partial charge in [0.1, 0.15) is 5.76 Å². The molecular formula is C19H20N2O6. The average molecular weight is 372 g/mol. The normalized spacial score (nSPS) is 15.3. The lowest BCUT2D eigenvalue weighted by molar-refractivity contribution is -0.384. The third-order valence-electron chi connectivity index (χ3n) is 4.52. The number of nitro benzene ring substituents is 1. The van der Waals surface area contributed by atoms with Gasteiger partial charge in [0.15, 0.2) is 6.10 Å². The van der Waals surface area contributed by atoms with Gasteiger partial charge in [0.2, 0.25) is 5.76 Å². The SMILES string of the molecule is C[C@H](OC(=O)c1ccc(-c2ccc([N+](=O)[O-])cc2)o1)C(=O)NC1CCCC1. The zero-order valence-electron chi connectivity index (χ0n) is 14.8. The number of hydrogen-bond acceptors (Lipinski definition) is 6. The van der Waals surface area contributed by atoms with E-state index >= 15 is 0 Å². The lowest BCUT2D eigenvalue weighted by Gasteiger charge is -2.16. The highest BCUT2D eigenvalue weighted by molar-refractivity contribution is 5.90. The van der Waals surface area contributed by atoms with Gasteiger partial charge in [-0.25, -0.2) is 4.79 Å². The van der Waals surface area contributed by atoms with Crippen LogP contribution in [-0.4, -0.2) is 28.9 Å². The molecule has 1 aliphatic carbocycles. The van der Waals surface area contributed by atoms with Gasteiger partial charge < -0.3 is 14.5 Å². The molecule has 1 amide bonds. The summed E-state index contributed by atoms with van der Waals surface area (Å²) < 4.78 is 10.6. The first kappa shape index (κ1) is 18.6. The number of hydrogen-bond donors (Lipinski definition) is 1. The fourth-order valence-electron chi connectivity index (χ4n) is 3.01. The maximum atomic E-state index is 12.2. The standard InChI is InChI=1S/C19H20N2O6/c1-12(18(22)20-14-4-2-3-5-14)26-19(23)17-11-10-16(27-17)13-6-8-15(9-7-13)21(24)25/h6-12,14H,2-5H2,1H3,(H,20,22)/t12-/m0/s1. The highest BCUT2D eigenvalue weighted by Crippen LogP contribution is 2.25. The van der Waals surface area contributed by atoms with Crippen molar-refractivity contribution in [3.8, 4) is 11.3 Å². The van der Waals surface area contributed by atoms with Crippen LogP contribution in [0.25, 0.3) is 11.3 Å². The first-order valence-electron chi connectivity index (χ1n) is 8.80. The first-order chi connectivity index (χ1) is 12.9. The Morgan fingerprint density at radius 1 is 1.19 bits per heavy atom. The van der Waals surface area contributed by atoms with Crippen LogP contribution in [0.5, 0.6) is 0 Å². The van der Waals surface area contributed by atoms with E-state index in [0.717, 1.165) is 25.7 Å². The summed E-state index contributed by atoms with van der Waals surface area (Å²) in [5.74, 6) is -0.724. The fourth-order valence-corrected chi connectivity index (χ4v) is 3.01. The Morgan fingerprint density at radius 2 is 1.85 bits per heavy atom. The third-order valence-corrected chi connectivity index (χ3v) is 4.52. The van der Waals surface area contributed by atoms with Gasteiger partial charge in [-0.3, -0.25) is 14.9 Å². The topological polar surface area (TPSA) is 112 Å². The molecule has 1 saturated carbocycles. The second-order valence-electron chi connectivity index (χ2n) is 6.51. The zero-order chi connectivity index (χ0) is 19.4. The molecule has 1 N–H and O–H groups in total. The molecule has 1 aromatic carbocycles. The molecule has 0 bridgehead atoms. The molecule has 8 heteroatoms. The van der Waals surface area contributed by atoms with Crippen molar-refractivity contribution in [3.63, 3.8) is 0 Å². The summed E-state index contributed by atoms with van der Waals surface area (Å²) in [6, 6.07) is 8.93. The van der Waals surface area contributed by atoms with E-state index in [1.165, 1.54) is 37.3 Å². The van der Waals surface area contributed by atoms with Gasteiger partial charge in [0, 0.05) is 23.7 Å². The molecule has 1 aliphatic rings. The fraction of sp³-hybridized carbons (Fsp3) is 0.368. The number of esters is 1. The monoisotopic (exact) mass is 372 g/mol. The molecule has 1 heterocycles. The van der Waals surface area contributed by atoms with Gasteiger partial charge in [-0.1, -0.05) is 12.8 Å². The minimum atomic E-state index is -0.925. The molecule has 0 saturated heterocycles. The molecule has 3 rings (SSSR count). The molecule has 1 fully saturated rings. The van der Waals surface area contributed by atoms with Crippen molar-refractivity contribution >= 4 is 17.6 Å². The minimum absolute atomic E-state index is 0.0351. The van der Waals surface area contributed by atoms with Crippen molar-refractivity contribution in [3.05, 3.63) is 52.3 Å². The molecule has 0 radical (unpaired) electrons. The lowest BCUT2D eigenvalue weighted by Crippen LogP contribution is -2.40. The van der Waals surface area contributed by atoms with Crippen LogP contribution >= 0.6 is 0 Å². The van der Waals surface area contributed by atoms with E-state index in [0.29, 0.717) is 11.3 Å². The van der Waals surface area contributed by atoms with E-state index in [9.17, 15) is 19.7 Å². The molecule has 0 unspecified atom stereocenters. The highest BCUT2D eigenvalue weighted by Gasteiger charge is 2.24. The molecule has 0 aliphatic heterocycles. The molecule has 2 aromatic rings. The second kappa shape index (κ2) is 8.03. The lowest BCUT2D eigenvalue weighted by atomic mass is 10.1. The Bertz CT molecular complexity index is 836. The number of rotatable bonds is 6. The van der Waals surface area contributed by atoms with Crippen molar-refractivity contribution in [2.45, 2.75) is 44.8 Å². The van der Waals surface area contributed by atoms with Crippen molar-refractivity contribution < 1.29 is 23.7 Å². The Hall–Kier alpha value is -3.16. The van der Waals surface area contributed by atoms with Gasteiger partial charge in [0.25, 0.3) is 11.6 Å². The van der Waals surface area contributed by atoms with Crippen LogP contribution < -0.4 is 5.32 Å². The Balaban J connectivity index is 1.60. The van der Waals surface area contributed by atoms with E-state index in [1.807, 2.05) is 0 Å². The van der Waals surface area contributed by atoms with E-state index in [-0.39, 0.29) is 23.4 Å². The van der Waals surface area contributed by atoms with E-state index in [1.54, 1.807) is 6.07 Å². The molecule has 0 spiro atoms. The summed E-state index contributed by atoms with van der Waals surface area (Å²) in [5.41, 5.74) is 0.554. The largest absolute Gasteiger partial charge is 0.449 e. The van der Waals surface area contributed by atoms with Gasteiger partial charge >= 0.3 is 5.97 Å². The number of carbonyl (C=O) groups excluding carboxylic acids is 2. The third kappa shape index (κ3) is 4.52. The van der Waals surface area contributed by atoms with Crippen molar-refractivity contribution in [2.75, 3.05) is 0 Å². The maximum Gasteiger partial charge on any atom is 0.375 e. The van der Waals surface area contributed by atoms with Gasteiger partial charge in [-0.2, -0.15) is 0 Å². The summed E-state index contributed by atoms with van der Waals surface area (Å²) in [4.78, 5) is 34.5. The highest BCUT2D eigenvalue weighted by atomic mass is 16.6. The quantitative estimate of drug-likeness (QED) is 0.472. The van der Waals surface area contributed by atoms with Gasteiger partial charge in [0.05, 0.1) is 4.92 Å². The van der Waals surface area contributed by atoms with Crippen LogP contribution in [0.3, 0.4) is 0 Å². The van der Waals surface area contributed by atoms with E-state index < -0.39 is 17.0 Å². The number of nitro groups is 1.